The molecule has 0 fully saturated rings. The standard InChI is InChI=1S/C13H16ClNO4S/c1-9(13(17)19-2)7-20(18)8-12(16)15-11-6-4-3-5-10(11)14/h3-6,9H,7-8H2,1-2H3,(H,15,16). The van der Waals surface area contributed by atoms with Gasteiger partial charge in [-0.1, -0.05) is 30.7 Å². The van der Waals surface area contributed by atoms with E-state index in [9.17, 15) is 13.8 Å². The van der Waals surface area contributed by atoms with Crippen molar-refractivity contribution in [1.29, 1.82) is 0 Å². The molecule has 0 radical (unpaired) electrons. The Bertz CT molecular complexity index is 521. The summed E-state index contributed by atoms with van der Waals surface area (Å²) in [6, 6.07) is 6.78. The minimum absolute atomic E-state index is 0.0859. The van der Waals surface area contributed by atoms with Crippen molar-refractivity contribution >= 4 is 40.0 Å². The summed E-state index contributed by atoms with van der Waals surface area (Å²) in [5, 5.41) is 2.99. The smallest absolute Gasteiger partial charge is 0.309 e. The normalized spacial score (nSPS) is 13.3. The molecule has 7 heteroatoms. The summed E-state index contributed by atoms with van der Waals surface area (Å²) >= 11 is 5.90. The Labute approximate surface area is 125 Å². The third-order valence-corrected chi connectivity index (χ3v) is 4.27. The number of esters is 1. The second-order valence-electron chi connectivity index (χ2n) is 4.20. The number of methoxy groups -OCH3 is 1. The lowest BCUT2D eigenvalue weighted by Gasteiger charge is -2.09. The molecule has 20 heavy (non-hydrogen) atoms. The Morgan fingerprint density at radius 1 is 1.40 bits per heavy atom. The highest BCUT2D eigenvalue weighted by atomic mass is 35.5. The van der Waals surface area contributed by atoms with Gasteiger partial charge in [0.15, 0.2) is 0 Å². The van der Waals surface area contributed by atoms with Crippen LogP contribution in [-0.2, 0) is 25.1 Å². The fourth-order valence-corrected chi connectivity index (χ4v) is 2.86. The molecule has 1 aromatic rings. The van der Waals surface area contributed by atoms with E-state index >= 15 is 0 Å². The number of amides is 1. The van der Waals surface area contributed by atoms with E-state index in [1.54, 1.807) is 31.2 Å². The van der Waals surface area contributed by atoms with Crippen molar-refractivity contribution in [2.45, 2.75) is 6.92 Å². The van der Waals surface area contributed by atoms with Crippen molar-refractivity contribution in [1.82, 2.24) is 0 Å². The molecule has 1 N–H and O–H groups in total. The molecular formula is C13H16ClNO4S. The van der Waals surface area contributed by atoms with Crippen LogP contribution in [0.1, 0.15) is 6.92 Å². The molecule has 1 aromatic carbocycles. The van der Waals surface area contributed by atoms with E-state index in [4.69, 9.17) is 11.6 Å². The Hall–Kier alpha value is -1.40. The van der Waals surface area contributed by atoms with E-state index in [0.717, 1.165) is 0 Å². The highest BCUT2D eigenvalue weighted by molar-refractivity contribution is 7.85. The highest BCUT2D eigenvalue weighted by Crippen LogP contribution is 2.20. The number of anilines is 1. The van der Waals surface area contributed by atoms with Gasteiger partial charge in [-0.15, -0.1) is 0 Å². The lowest BCUT2D eigenvalue weighted by Crippen LogP contribution is -2.25. The second kappa shape index (κ2) is 8.01. The first-order valence-corrected chi connectivity index (χ1v) is 7.77. The lowest BCUT2D eigenvalue weighted by atomic mass is 10.2. The van der Waals surface area contributed by atoms with Crippen LogP contribution in [0.5, 0.6) is 0 Å². The molecule has 0 saturated heterocycles. The molecule has 1 amide bonds. The van der Waals surface area contributed by atoms with E-state index in [2.05, 4.69) is 10.1 Å². The Balaban J connectivity index is 2.49. The predicted octanol–water partition coefficient (Wildman–Crippen LogP) is 1.84. The Morgan fingerprint density at radius 3 is 2.65 bits per heavy atom. The third kappa shape index (κ3) is 5.30. The number of hydrogen-bond donors (Lipinski definition) is 1. The summed E-state index contributed by atoms with van der Waals surface area (Å²) in [5.74, 6) is -1.46. The molecule has 0 aromatic heterocycles. The van der Waals surface area contributed by atoms with Crippen LogP contribution in [0, 0.1) is 5.92 Å². The molecule has 0 aliphatic heterocycles. The van der Waals surface area contributed by atoms with Crippen LogP contribution >= 0.6 is 11.6 Å². The number of carbonyl (C=O) groups is 2. The maximum Gasteiger partial charge on any atom is 0.309 e. The van der Waals surface area contributed by atoms with Gasteiger partial charge in [-0.2, -0.15) is 0 Å². The molecule has 0 saturated carbocycles. The van der Waals surface area contributed by atoms with Gasteiger partial charge in [0.25, 0.3) is 0 Å². The predicted molar refractivity (Wildman–Crippen MR) is 79.1 cm³/mol. The molecule has 1 rings (SSSR count). The molecule has 5 nitrogen and oxygen atoms in total. The zero-order valence-corrected chi connectivity index (χ0v) is 12.8. The average molecular weight is 318 g/mol. The van der Waals surface area contributed by atoms with Crippen molar-refractivity contribution in [3.63, 3.8) is 0 Å². The largest absolute Gasteiger partial charge is 0.469 e. The van der Waals surface area contributed by atoms with Crippen molar-refractivity contribution in [3.05, 3.63) is 29.3 Å². The maximum atomic E-state index is 11.8. The summed E-state index contributed by atoms with van der Waals surface area (Å²) in [6.45, 7) is 1.61. The van der Waals surface area contributed by atoms with Crippen LogP contribution in [0.25, 0.3) is 0 Å². The summed E-state index contributed by atoms with van der Waals surface area (Å²) < 4.78 is 16.3. The minimum atomic E-state index is -1.44. The van der Waals surface area contributed by atoms with Gasteiger partial charge >= 0.3 is 5.97 Å². The summed E-state index contributed by atoms with van der Waals surface area (Å²) in [5.41, 5.74) is 0.470. The molecule has 0 aliphatic rings. The molecule has 2 unspecified atom stereocenters. The molecule has 2 atom stereocenters. The molecule has 0 bridgehead atoms. The second-order valence-corrected chi connectivity index (χ2v) is 6.11. The summed E-state index contributed by atoms with van der Waals surface area (Å²) in [4.78, 5) is 22.9. The van der Waals surface area contributed by atoms with Gasteiger partial charge in [-0.05, 0) is 12.1 Å². The van der Waals surface area contributed by atoms with Crippen LogP contribution in [-0.4, -0.2) is 34.7 Å². The first kappa shape index (κ1) is 16.7. The summed E-state index contributed by atoms with van der Waals surface area (Å²) in [6.07, 6.45) is 0. The van der Waals surface area contributed by atoms with Crippen molar-refractivity contribution in [3.8, 4) is 0 Å². The fraction of sp³-hybridized carbons (Fsp3) is 0.385. The van der Waals surface area contributed by atoms with Gasteiger partial charge in [0.1, 0.15) is 5.75 Å². The molecule has 0 heterocycles. The van der Waals surface area contributed by atoms with Gasteiger partial charge in [0, 0.05) is 16.6 Å². The maximum absolute atomic E-state index is 11.8. The number of rotatable bonds is 6. The number of nitrogens with one attached hydrogen (secondary N) is 1. The minimum Gasteiger partial charge on any atom is -0.469 e. The zero-order valence-electron chi connectivity index (χ0n) is 11.2. The SMILES string of the molecule is COC(=O)C(C)CS(=O)CC(=O)Nc1ccccc1Cl. The Kier molecular flexibility index (Phi) is 6.67. The number of ether oxygens (including phenoxy) is 1. The van der Waals surface area contributed by atoms with Gasteiger partial charge in [-0.25, -0.2) is 0 Å². The molecular weight excluding hydrogens is 302 g/mol. The van der Waals surface area contributed by atoms with Crippen molar-refractivity contribution in [2.24, 2.45) is 5.92 Å². The quantitative estimate of drug-likeness (QED) is 0.813. The third-order valence-electron chi connectivity index (χ3n) is 2.48. The van der Waals surface area contributed by atoms with E-state index < -0.39 is 28.6 Å². The highest BCUT2D eigenvalue weighted by Gasteiger charge is 2.18. The fourth-order valence-electron chi connectivity index (χ4n) is 1.50. The van der Waals surface area contributed by atoms with Crippen LogP contribution in [0.2, 0.25) is 5.02 Å². The van der Waals surface area contributed by atoms with Crippen molar-refractivity contribution < 1.29 is 18.5 Å². The number of para-hydroxylation sites is 1. The number of carbonyl (C=O) groups excluding carboxylic acids is 2. The van der Waals surface area contributed by atoms with E-state index in [1.165, 1.54) is 7.11 Å². The van der Waals surface area contributed by atoms with Gasteiger partial charge in [0.05, 0.1) is 23.7 Å². The van der Waals surface area contributed by atoms with Crippen LogP contribution in [0.4, 0.5) is 5.69 Å². The number of halogens is 1. The topological polar surface area (TPSA) is 72.5 Å². The summed E-state index contributed by atoms with van der Waals surface area (Å²) in [7, 11) is -0.169. The van der Waals surface area contributed by atoms with E-state index in [0.29, 0.717) is 10.7 Å². The number of hydrogen-bond acceptors (Lipinski definition) is 4. The zero-order chi connectivity index (χ0) is 15.1. The van der Waals surface area contributed by atoms with Crippen LogP contribution in [0.15, 0.2) is 24.3 Å². The number of benzene rings is 1. The van der Waals surface area contributed by atoms with Crippen LogP contribution < -0.4 is 5.32 Å². The van der Waals surface area contributed by atoms with E-state index in [1.807, 2.05) is 0 Å². The Morgan fingerprint density at radius 2 is 2.05 bits per heavy atom. The van der Waals surface area contributed by atoms with Crippen molar-refractivity contribution in [2.75, 3.05) is 23.9 Å². The van der Waals surface area contributed by atoms with Gasteiger partial charge in [0.2, 0.25) is 5.91 Å². The molecule has 110 valence electrons. The first-order valence-electron chi connectivity index (χ1n) is 5.91. The van der Waals surface area contributed by atoms with Gasteiger partial charge < -0.3 is 10.1 Å². The molecule has 0 spiro atoms. The van der Waals surface area contributed by atoms with E-state index in [-0.39, 0.29) is 11.5 Å². The molecule has 0 aliphatic carbocycles. The lowest BCUT2D eigenvalue weighted by molar-refractivity contribution is -0.144. The van der Waals surface area contributed by atoms with Gasteiger partial charge in [-0.3, -0.25) is 13.8 Å². The first-order chi connectivity index (χ1) is 9.43. The average Bonchev–Trinajstić information content (AvgIpc) is 2.40. The monoisotopic (exact) mass is 317 g/mol. The van der Waals surface area contributed by atoms with Crippen LogP contribution in [0.3, 0.4) is 0 Å².